The highest BCUT2D eigenvalue weighted by atomic mass is 127. The third kappa shape index (κ3) is 5.89. The minimum Gasteiger partial charge on any atom is -0.493 e. The molecular formula is C29H24IN3O7S2. The minimum absolute atomic E-state index is 0.00882. The van der Waals surface area contributed by atoms with Crippen molar-refractivity contribution in [3.05, 3.63) is 115 Å². The molecule has 2 aromatic carbocycles. The van der Waals surface area contributed by atoms with E-state index in [9.17, 15) is 19.7 Å². The van der Waals surface area contributed by atoms with Gasteiger partial charge in [-0.1, -0.05) is 17.4 Å². The largest absolute Gasteiger partial charge is 0.493 e. The molecule has 1 aliphatic heterocycles. The highest BCUT2D eigenvalue weighted by Crippen LogP contribution is 2.35. The van der Waals surface area contributed by atoms with E-state index in [0.717, 1.165) is 19.6 Å². The number of nitro benzene ring substituents is 1. The van der Waals surface area contributed by atoms with Gasteiger partial charge >= 0.3 is 5.97 Å². The number of benzene rings is 2. The molecule has 10 nitrogen and oxygen atoms in total. The molecule has 0 unspecified atom stereocenters. The molecule has 0 spiro atoms. The fraction of sp³-hybridized carbons (Fsp3) is 0.207. The smallest absolute Gasteiger partial charge is 0.338 e. The Morgan fingerprint density at radius 3 is 2.64 bits per heavy atom. The summed E-state index contributed by atoms with van der Waals surface area (Å²) in [6.45, 7) is 3.90. The SMILES string of the molecule is CCOC(=O)C1=C(C)N=c2s/c(=C\c3cc(I)c(OCc4ccc([N+](=O)[O-])cc4)c(OC)c3)c(=O)n2[C@@H]1c1cccs1. The zero-order chi connectivity index (χ0) is 30.0. The second-order valence-corrected chi connectivity index (χ2v) is 12.2. The monoisotopic (exact) mass is 717 g/mol. The van der Waals surface area contributed by atoms with Crippen molar-refractivity contribution in [1.82, 2.24) is 4.57 Å². The number of esters is 1. The summed E-state index contributed by atoms with van der Waals surface area (Å²) in [4.78, 5) is 43.2. The Bertz CT molecular complexity index is 1880. The topological polar surface area (TPSA) is 122 Å². The molecule has 0 aliphatic carbocycles. The summed E-state index contributed by atoms with van der Waals surface area (Å²) in [5.74, 6) is 0.497. The number of fused-ring (bicyclic) bond motifs is 1. The quantitative estimate of drug-likeness (QED) is 0.104. The number of nitrogens with zero attached hydrogens (tertiary/aromatic N) is 3. The Balaban J connectivity index is 1.51. The van der Waals surface area contributed by atoms with Gasteiger partial charge in [-0.25, -0.2) is 9.79 Å². The molecule has 0 radical (unpaired) electrons. The van der Waals surface area contributed by atoms with Crippen molar-refractivity contribution in [2.75, 3.05) is 13.7 Å². The molecule has 1 atom stereocenters. The molecular weight excluding hydrogens is 693 g/mol. The average Bonchev–Trinajstić information content (AvgIpc) is 3.60. The van der Waals surface area contributed by atoms with E-state index in [1.807, 2.05) is 23.6 Å². The number of hydrogen-bond acceptors (Lipinski definition) is 10. The average molecular weight is 718 g/mol. The molecule has 2 aromatic heterocycles. The lowest BCUT2D eigenvalue weighted by Gasteiger charge is -2.23. The van der Waals surface area contributed by atoms with E-state index in [-0.39, 0.29) is 24.5 Å². The predicted molar refractivity (Wildman–Crippen MR) is 168 cm³/mol. The molecule has 216 valence electrons. The third-order valence-electron chi connectivity index (χ3n) is 6.41. The molecule has 0 saturated heterocycles. The first-order valence-corrected chi connectivity index (χ1v) is 15.5. The van der Waals surface area contributed by atoms with Gasteiger partial charge in [0.15, 0.2) is 16.3 Å². The number of carbonyl (C=O) groups is 1. The number of ether oxygens (including phenoxy) is 3. The van der Waals surface area contributed by atoms with E-state index in [4.69, 9.17) is 14.2 Å². The maximum absolute atomic E-state index is 13.8. The van der Waals surface area contributed by atoms with Crippen molar-refractivity contribution < 1.29 is 23.9 Å². The van der Waals surface area contributed by atoms with Crippen molar-refractivity contribution in [3.8, 4) is 11.5 Å². The van der Waals surface area contributed by atoms with E-state index in [2.05, 4.69) is 27.6 Å². The summed E-state index contributed by atoms with van der Waals surface area (Å²) in [6, 6.07) is 12.9. The van der Waals surface area contributed by atoms with E-state index in [0.29, 0.717) is 32.1 Å². The number of hydrogen-bond donors (Lipinski definition) is 0. The van der Waals surface area contributed by atoms with E-state index in [1.165, 1.54) is 41.9 Å². The number of non-ortho nitro benzene ring substituents is 1. The Kier molecular flexibility index (Phi) is 8.89. The van der Waals surface area contributed by atoms with Crippen LogP contribution in [0.15, 0.2) is 75.0 Å². The Labute approximate surface area is 261 Å². The summed E-state index contributed by atoms with van der Waals surface area (Å²) in [7, 11) is 1.53. The number of allylic oxidation sites excluding steroid dienone is 1. The number of methoxy groups -OCH3 is 1. The van der Waals surface area contributed by atoms with Gasteiger partial charge in [-0.05, 0) is 89.4 Å². The molecule has 5 rings (SSSR count). The van der Waals surface area contributed by atoms with Crippen molar-refractivity contribution in [2.45, 2.75) is 26.5 Å². The molecule has 42 heavy (non-hydrogen) atoms. The van der Waals surface area contributed by atoms with Gasteiger partial charge in [-0.3, -0.25) is 19.5 Å². The van der Waals surface area contributed by atoms with E-state index < -0.39 is 16.9 Å². The Hall–Kier alpha value is -3.82. The van der Waals surface area contributed by atoms with Crippen LogP contribution in [-0.2, 0) is 16.1 Å². The second kappa shape index (κ2) is 12.6. The van der Waals surface area contributed by atoms with Gasteiger partial charge in [0.1, 0.15) is 12.6 Å². The predicted octanol–water partition coefficient (Wildman–Crippen LogP) is 4.96. The lowest BCUT2D eigenvalue weighted by molar-refractivity contribution is -0.384. The number of rotatable bonds is 9. The molecule has 0 N–H and O–H groups in total. The summed E-state index contributed by atoms with van der Waals surface area (Å²) in [6.07, 6.45) is 1.77. The Morgan fingerprint density at radius 1 is 1.24 bits per heavy atom. The zero-order valence-corrected chi connectivity index (χ0v) is 26.4. The summed E-state index contributed by atoms with van der Waals surface area (Å²) in [5.41, 5.74) is 2.10. The van der Waals surface area contributed by atoms with Crippen molar-refractivity contribution in [3.63, 3.8) is 0 Å². The molecule has 0 bridgehead atoms. The Morgan fingerprint density at radius 2 is 2.00 bits per heavy atom. The van der Waals surface area contributed by atoms with Gasteiger partial charge in [0.25, 0.3) is 11.2 Å². The highest BCUT2D eigenvalue weighted by Gasteiger charge is 2.33. The van der Waals surface area contributed by atoms with Crippen LogP contribution in [0.5, 0.6) is 11.5 Å². The maximum atomic E-state index is 13.8. The number of thiophene rings is 1. The molecule has 0 amide bonds. The fourth-order valence-electron chi connectivity index (χ4n) is 4.49. The van der Waals surface area contributed by atoms with Gasteiger partial charge in [0, 0.05) is 17.0 Å². The van der Waals surface area contributed by atoms with Gasteiger partial charge in [-0.2, -0.15) is 0 Å². The molecule has 4 aromatic rings. The van der Waals surface area contributed by atoms with Crippen LogP contribution in [0.3, 0.4) is 0 Å². The number of nitro groups is 1. The molecule has 13 heteroatoms. The van der Waals surface area contributed by atoms with Crippen molar-refractivity contribution >= 4 is 63.0 Å². The van der Waals surface area contributed by atoms with E-state index in [1.54, 1.807) is 42.7 Å². The lowest BCUT2D eigenvalue weighted by Crippen LogP contribution is -2.39. The molecule has 0 fully saturated rings. The number of carbonyl (C=O) groups excluding carboxylic acids is 1. The normalized spacial score (nSPS) is 14.8. The summed E-state index contributed by atoms with van der Waals surface area (Å²) >= 11 is 4.85. The first kappa shape index (κ1) is 29.7. The maximum Gasteiger partial charge on any atom is 0.338 e. The van der Waals surface area contributed by atoms with Crippen LogP contribution < -0.4 is 24.4 Å². The van der Waals surface area contributed by atoms with Crippen LogP contribution in [-0.4, -0.2) is 29.2 Å². The molecule has 0 saturated carbocycles. The number of aromatic nitrogens is 1. The van der Waals surface area contributed by atoms with Crippen molar-refractivity contribution in [1.29, 1.82) is 0 Å². The van der Waals surface area contributed by atoms with Crippen molar-refractivity contribution in [2.24, 2.45) is 4.99 Å². The number of thiazole rings is 1. The van der Waals surface area contributed by atoms with Crippen LogP contribution in [0.4, 0.5) is 5.69 Å². The number of halogens is 1. The lowest BCUT2D eigenvalue weighted by atomic mass is 10.0. The second-order valence-electron chi connectivity index (χ2n) is 9.06. The first-order valence-electron chi connectivity index (χ1n) is 12.7. The molecule has 3 heterocycles. The first-order chi connectivity index (χ1) is 20.2. The van der Waals surface area contributed by atoms with E-state index >= 15 is 0 Å². The van der Waals surface area contributed by atoms with Gasteiger partial charge < -0.3 is 14.2 Å². The van der Waals surface area contributed by atoms with Crippen LogP contribution >= 0.6 is 45.3 Å². The van der Waals surface area contributed by atoms with Crippen LogP contribution in [0.25, 0.3) is 6.08 Å². The summed E-state index contributed by atoms with van der Waals surface area (Å²) in [5, 5.41) is 12.8. The highest BCUT2D eigenvalue weighted by molar-refractivity contribution is 14.1. The minimum atomic E-state index is -0.632. The molecule has 1 aliphatic rings. The van der Waals surface area contributed by atoms with Gasteiger partial charge in [0.05, 0.1) is 38.0 Å². The fourth-order valence-corrected chi connectivity index (χ4v) is 7.14. The third-order valence-corrected chi connectivity index (χ3v) is 9.12. The van der Waals surface area contributed by atoms with Gasteiger partial charge in [0.2, 0.25) is 0 Å². The standard InChI is InChI=1S/C29H24IN3O7S2/c1-4-39-28(35)24-16(2)31-29-32(25(24)22-6-5-11-41-22)27(34)23(42-29)14-18-12-20(30)26(21(13-18)38-3)40-15-17-7-9-19(10-8-17)33(36)37/h5-14,25H,4,15H2,1-3H3/b23-14-/t25-/m1/s1. The van der Waals surface area contributed by atoms with Crippen LogP contribution in [0, 0.1) is 13.7 Å². The van der Waals surface area contributed by atoms with Crippen LogP contribution in [0.1, 0.15) is 35.9 Å². The van der Waals surface area contributed by atoms with Crippen LogP contribution in [0.2, 0.25) is 0 Å². The summed E-state index contributed by atoms with van der Waals surface area (Å²) < 4.78 is 19.7. The van der Waals surface area contributed by atoms with Gasteiger partial charge in [-0.15, -0.1) is 11.3 Å². The zero-order valence-electron chi connectivity index (χ0n) is 22.7.